The molecule has 1 rings (SSSR count). The highest BCUT2D eigenvalue weighted by Crippen LogP contribution is 2.54. The second-order valence-corrected chi connectivity index (χ2v) is 6.71. The van der Waals surface area contributed by atoms with Crippen LogP contribution in [-0.4, -0.2) is 29.3 Å². The molecular formula is C9H19NOS2. The van der Waals surface area contributed by atoms with Gasteiger partial charge in [-0.2, -0.15) is 0 Å². The molecule has 1 aliphatic heterocycles. The molecular weight excluding hydrogens is 202 g/mol. The first-order valence-electron chi connectivity index (χ1n) is 4.63. The van der Waals surface area contributed by atoms with Crippen molar-refractivity contribution in [3.63, 3.8) is 0 Å². The third-order valence-electron chi connectivity index (χ3n) is 3.02. The van der Waals surface area contributed by atoms with Gasteiger partial charge in [-0.15, -0.1) is 0 Å². The molecule has 3 atom stereocenters. The predicted molar refractivity (Wildman–Crippen MR) is 62.1 cm³/mol. The van der Waals surface area contributed by atoms with Gasteiger partial charge in [-0.3, -0.25) is 0 Å². The van der Waals surface area contributed by atoms with Crippen molar-refractivity contribution < 1.29 is 4.74 Å². The van der Waals surface area contributed by atoms with E-state index in [1.807, 2.05) is 10.8 Å². The van der Waals surface area contributed by atoms with E-state index in [0.29, 0.717) is 12.6 Å². The molecule has 1 heterocycles. The van der Waals surface area contributed by atoms with E-state index in [0.717, 1.165) is 6.42 Å². The van der Waals surface area contributed by atoms with Gasteiger partial charge in [0.15, 0.2) is 0 Å². The molecule has 1 aliphatic rings. The van der Waals surface area contributed by atoms with Crippen LogP contribution in [0.5, 0.6) is 0 Å². The van der Waals surface area contributed by atoms with Gasteiger partial charge < -0.3 is 10.5 Å². The van der Waals surface area contributed by atoms with E-state index >= 15 is 0 Å². The van der Waals surface area contributed by atoms with Crippen LogP contribution in [0.15, 0.2) is 0 Å². The lowest BCUT2D eigenvalue weighted by Gasteiger charge is -2.31. The van der Waals surface area contributed by atoms with Crippen LogP contribution >= 0.6 is 21.6 Å². The first kappa shape index (κ1) is 11.7. The minimum atomic E-state index is -0.00975. The van der Waals surface area contributed by atoms with Crippen LogP contribution in [0, 0.1) is 0 Å². The van der Waals surface area contributed by atoms with E-state index in [-0.39, 0.29) is 10.3 Å². The fraction of sp³-hybridized carbons (Fsp3) is 1.00. The maximum atomic E-state index is 5.82. The predicted octanol–water partition coefficient (Wildman–Crippen LogP) is 2.28. The molecule has 4 heteroatoms. The minimum absolute atomic E-state index is 0.00975. The van der Waals surface area contributed by atoms with Crippen molar-refractivity contribution in [2.45, 2.75) is 43.6 Å². The quantitative estimate of drug-likeness (QED) is 0.571. The van der Waals surface area contributed by atoms with Gasteiger partial charge in [0, 0.05) is 6.54 Å². The lowest BCUT2D eigenvalue weighted by molar-refractivity contribution is 0.266. The average Bonchev–Trinajstić information content (AvgIpc) is 2.79. The molecule has 0 radical (unpaired) electrons. The van der Waals surface area contributed by atoms with Crippen LogP contribution in [0.4, 0.5) is 0 Å². The number of hydrogen-bond acceptors (Lipinski definition) is 4. The molecule has 78 valence electrons. The van der Waals surface area contributed by atoms with E-state index in [1.165, 1.54) is 0 Å². The van der Waals surface area contributed by atoms with Gasteiger partial charge in [-0.25, -0.2) is 0 Å². The fourth-order valence-corrected chi connectivity index (χ4v) is 4.29. The number of hydrogen-bond donors (Lipinski definition) is 1. The number of nitrogens with two attached hydrogens (primary N) is 1. The molecule has 0 amide bonds. The standard InChI is InChI=1S/C9H19NOS2/c1-5-7-9(3,11-7)8(2,6-10)13-12-4/h7H,5-6,10H2,1-4H3. The number of rotatable bonds is 5. The summed E-state index contributed by atoms with van der Waals surface area (Å²) in [4.78, 5) is 0. The Hall–Kier alpha value is 0.620. The van der Waals surface area contributed by atoms with Gasteiger partial charge >= 0.3 is 0 Å². The van der Waals surface area contributed by atoms with Crippen LogP contribution < -0.4 is 5.73 Å². The summed E-state index contributed by atoms with van der Waals surface area (Å²) in [5.74, 6) is 0. The van der Waals surface area contributed by atoms with Gasteiger partial charge in [0.05, 0.1) is 10.9 Å². The largest absolute Gasteiger partial charge is 0.365 e. The molecule has 0 aliphatic carbocycles. The van der Waals surface area contributed by atoms with Crippen LogP contribution in [0.2, 0.25) is 0 Å². The molecule has 0 aromatic carbocycles. The molecule has 1 fully saturated rings. The smallest absolute Gasteiger partial charge is 0.108 e. The number of ether oxygens (including phenoxy) is 1. The Labute approximate surface area is 88.8 Å². The van der Waals surface area contributed by atoms with Crippen LogP contribution in [-0.2, 0) is 4.74 Å². The van der Waals surface area contributed by atoms with Crippen molar-refractivity contribution in [2.75, 3.05) is 12.8 Å². The topological polar surface area (TPSA) is 38.5 Å². The summed E-state index contributed by atoms with van der Waals surface area (Å²) in [6.45, 7) is 7.21. The highest BCUT2D eigenvalue weighted by molar-refractivity contribution is 8.77. The first-order valence-corrected chi connectivity index (χ1v) is 7.19. The molecule has 2 N–H and O–H groups in total. The van der Waals surface area contributed by atoms with Crippen molar-refractivity contribution in [3.05, 3.63) is 0 Å². The normalized spacial score (nSPS) is 37.2. The van der Waals surface area contributed by atoms with Crippen LogP contribution in [0.3, 0.4) is 0 Å². The third kappa shape index (κ3) is 1.87. The molecule has 2 nitrogen and oxygen atoms in total. The summed E-state index contributed by atoms with van der Waals surface area (Å²) < 4.78 is 5.80. The lowest BCUT2D eigenvalue weighted by Crippen LogP contribution is -2.45. The highest BCUT2D eigenvalue weighted by Gasteiger charge is 2.62. The van der Waals surface area contributed by atoms with Gasteiger partial charge in [-0.1, -0.05) is 28.5 Å². The Morgan fingerprint density at radius 2 is 2.23 bits per heavy atom. The van der Waals surface area contributed by atoms with Gasteiger partial charge in [0.1, 0.15) is 5.60 Å². The van der Waals surface area contributed by atoms with Crippen LogP contribution in [0.1, 0.15) is 27.2 Å². The van der Waals surface area contributed by atoms with Gasteiger partial charge in [0.25, 0.3) is 0 Å². The number of epoxide rings is 1. The van der Waals surface area contributed by atoms with E-state index < -0.39 is 0 Å². The maximum absolute atomic E-state index is 5.82. The Bertz CT molecular complexity index is 190. The molecule has 0 saturated carbocycles. The summed E-state index contributed by atoms with van der Waals surface area (Å²) in [5.41, 5.74) is 5.81. The first-order chi connectivity index (χ1) is 6.04. The molecule has 0 aromatic heterocycles. The highest BCUT2D eigenvalue weighted by atomic mass is 33.1. The average molecular weight is 221 g/mol. The summed E-state index contributed by atoms with van der Waals surface area (Å²) in [6, 6.07) is 0. The second-order valence-electron chi connectivity index (χ2n) is 3.81. The summed E-state index contributed by atoms with van der Waals surface area (Å²) in [5, 5.41) is 0. The molecule has 0 bridgehead atoms. The fourth-order valence-electron chi connectivity index (χ4n) is 1.70. The van der Waals surface area contributed by atoms with Gasteiger partial charge in [-0.05, 0) is 26.5 Å². The summed E-state index contributed by atoms with van der Waals surface area (Å²) >= 11 is 0. The summed E-state index contributed by atoms with van der Waals surface area (Å²) in [6.07, 6.45) is 3.58. The van der Waals surface area contributed by atoms with Crippen molar-refractivity contribution in [3.8, 4) is 0 Å². The minimum Gasteiger partial charge on any atom is -0.365 e. The lowest BCUT2D eigenvalue weighted by atomic mass is 9.90. The third-order valence-corrected chi connectivity index (χ3v) is 5.73. The van der Waals surface area contributed by atoms with Gasteiger partial charge in [0.2, 0.25) is 0 Å². The second kappa shape index (κ2) is 4.01. The molecule has 3 unspecified atom stereocenters. The van der Waals surface area contributed by atoms with Crippen molar-refractivity contribution in [1.82, 2.24) is 0 Å². The Morgan fingerprint density at radius 3 is 2.54 bits per heavy atom. The van der Waals surface area contributed by atoms with Crippen molar-refractivity contribution in [2.24, 2.45) is 5.73 Å². The van der Waals surface area contributed by atoms with Crippen molar-refractivity contribution >= 4 is 21.6 Å². The monoisotopic (exact) mass is 221 g/mol. The van der Waals surface area contributed by atoms with E-state index in [4.69, 9.17) is 10.5 Å². The summed E-state index contributed by atoms with van der Waals surface area (Å²) in [7, 11) is 3.60. The molecule has 0 spiro atoms. The molecule has 0 aromatic rings. The van der Waals surface area contributed by atoms with E-state index in [1.54, 1.807) is 10.8 Å². The van der Waals surface area contributed by atoms with E-state index in [9.17, 15) is 0 Å². The maximum Gasteiger partial charge on any atom is 0.108 e. The van der Waals surface area contributed by atoms with Crippen molar-refractivity contribution in [1.29, 1.82) is 0 Å². The zero-order valence-electron chi connectivity index (χ0n) is 8.79. The SMILES string of the molecule is CCC1OC1(C)C(C)(CN)SSC. The Morgan fingerprint density at radius 1 is 1.62 bits per heavy atom. The zero-order chi connectivity index (χ0) is 10.1. The Kier molecular flexibility index (Phi) is 3.60. The Balaban J connectivity index is 2.67. The zero-order valence-corrected chi connectivity index (χ0v) is 10.4. The molecule has 1 saturated heterocycles. The van der Waals surface area contributed by atoms with Crippen LogP contribution in [0.25, 0.3) is 0 Å². The molecule has 13 heavy (non-hydrogen) atoms. The van der Waals surface area contributed by atoms with E-state index in [2.05, 4.69) is 27.0 Å².